The van der Waals surface area contributed by atoms with Gasteiger partial charge in [0.25, 0.3) is 5.91 Å². The lowest BCUT2D eigenvalue weighted by molar-refractivity contribution is -0.154. The van der Waals surface area contributed by atoms with E-state index in [0.29, 0.717) is 12.8 Å². The number of esters is 1. The van der Waals surface area contributed by atoms with Crippen LogP contribution < -0.4 is 5.32 Å². The van der Waals surface area contributed by atoms with Crippen molar-refractivity contribution in [3.05, 3.63) is 29.8 Å². The molecular formula is C19H17Br2F3N2O5. The molecule has 0 spiro atoms. The standard InChI is InChI=1S/C19H17Br2F3N2O5/c20-13-5-11-12(6-14(13)21)18(30)26(17(11)29)7-16(28)31-8-15(27)25-10-3-1-2-9(4-10)19(22,23)24/h1-4,11-14H,5-8H2,(H,25,27)/t11-,12-,13-,14+/m1/s1. The predicted molar refractivity (Wildman–Crippen MR) is 109 cm³/mol. The fraction of sp³-hybridized carbons (Fsp3) is 0.474. The van der Waals surface area contributed by atoms with E-state index < -0.39 is 60.4 Å². The molecule has 12 heteroatoms. The first-order valence-corrected chi connectivity index (χ1v) is 11.1. The third-order valence-electron chi connectivity index (χ3n) is 5.13. The van der Waals surface area contributed by atoms with Crippen molar-refractivity contribution < 1.29 is 37.1 Å². The summed E-state index contributed by atoms with van der Waals surface area (Å²) in [7, 11) is 0. The molecule has 2 aliphatic rings. The van der Waals surface area contributed by atoms with Gasteiger partial charge < -0.3 is 10.1 Å². The molecule has 0 aromatic heterocycles. The number of carbonyl (C=O) groups is 4. The van der Waals surface area contributed by atoms with Crippen LogP contribution in [0.4, 0.5) is 18.9 Å². The number of hydrogen-bond acceptors (Lipinski definition) is 5. The SMILES string of the molecule is O=C(COC(=O)CN1C(=O)[C@@H]2C[C@@H](Br)[C@@H](Br)C[C@H]2C1=O)Nc1cccc(C(F)(F)F)c1. The van der Waals surface area contributed by atoms with Crippen LogP contribution in [0.15, 0.2) is 24.3 Å². The van der Waals surface area contributed by atoms with Gasteiger partial charge in [0.2, 0.25) is 11.8 Å². The van der Waals surface area contributed by atoms with Crippen LogP contribution in [-0.2, 0) is 30.1 Å². The van der Waals surface area contributed by atoms with Crippen LogP contribution in [0.5, 0.6) is 0 Å². The zero-order valence-electron chi connectivity index (χ0n) is 15.8. The number of fused-ring (bicyclic) bond motifs is 1. The van der Waals surface area contributed by atoms with Gasteiger partial charge in [-0.25, -0.2) is 0 Å². The Balaban J connectivity index is 1.52. The molecule has 1 aromatic rings. The molecule has 0 unspecified atom stereocenters. The van der Waals surface area contributed by atoms with Gasteiger partial charge in [-0.05, 0) is 31.0 Å². The van der Waals surface area contributed by atoms with Crippen molar-refractivity contribution in [3.63, 3.8) is 0 Å². The minimum Gasteiger partial charge on any atom is -0.454 e. The van der Waals surface area contributed by atoms with Crippen molar-refractivity contribution in [2.24, 2.45) is 11.8 Å². The molecule has 31 heavy (non-hydrogen) atoms. The van der Waals surface area contributed by atoms with Crippen LogP contribution in [0, 0.1) is 11.8 Å². The minimum absolute atomic E-state index is 0.0249. The van der Waals surface area contributed by atoms with Gasteiger partial charge in [-0.15, -0.1) is 0 Å². The Morgan fingerprint density at radius 3 is 2.23 bits per heavy atom. The van der Waals surface area contributed by atoms with Crippen LogP contribution in [-0.4, -0.2) is 51.4 Å². The summed E-state index contributed by atoms with van der Waals surface area (Å²) in [5.41, 5.74) is -1.05. The maximum Gasteiger partial charge on any atom is 0.416 e. The molecule has 2 fully saturated rings. The Hall–Kier alpha value is -1.95. The molecule has 168 valence electrons. The van der Waals surface area contributed by atoms with Gasteiger partial charge in [-0.2, -0.15) is 13.2 Å². The lowest BCUT2D eigenvalue weighted by Crippen LogP contribution is -2.37. The van der Waals surface area contributed by atoms with Gasteiger partial charge in [0.15, 0.2) is 6.61 Å². The Morgan fingerprint density at radius 2 is 1.68 bits per heavy atom. The Morgan fingerprint density at radius 1 is 1.10 bits per heavy atom. The highest BCUT2D eigenvalue weighted by molar-refractivity contribution is 9.12. The quantitative estimate of drug-likeness (QED) is 0.334. The number of imide groups is 1. The molecule has 1 saturated heterocycles. The number of carbonyl (C=O) groups excluding carboxylic acids is 4. The van der Waals surface area contributed by atoms with E-state index >= 15 is 0 Å². The van der Waals surface area contributed by atoms with Crippen molar-refractivity contribution in [1.29, 1.82) is 0 Å². The number of halogens is 5. The summed E-state index contributed by atoms with van der Waals surface area (Å²) in [5.74, 6) is -3.76. The summed E-state index contributed by atoms with van der Waals surface area (Å²) in [6, 6.07) is 3.99. The largest absolute Gasteiger partial charge is 0.454 e. The molecule has 1 N–H and O–H groups in total. The number of likely N-dealkylation sites (tertiary alicyclic amines) is 1. The molecule has 3 amide bonds. The van der Waals surface area contributed by atoms with E-state index in [2.05, 4.69) is 37.2 Å². The highest BCUT2D eigenvalue weighted by Gasteiger charge is 2.52. The monoisotopic (exact) mass is 568 g/mol. The highest BCUT2D eigenvalue weighted by Crippen LogP contribution is 2.43. The summed E-state index contributed by atoms with van der Waals surface area (Å²) in [4.78, 5) is 49.9. The van der Waals surface area contributed by atoms with Crippen molar-refractivity contribution in [1.82, 2.24) is 4.90 Å². The second-order valence-electron chi connectivity index (χ2n) is 7.27. The second kappa shape index (κ2) is 9.27. The van der Waals surface area contributed by atoms with Crippen molar-refractivity contribution in [2.75, 3.05) is 18.5 Å². The van der Waals surface area contributed by atoms with E-state index in [1.54, 1.807) is 0 Å². The van der Waals surface area contributed by atoms with Crippen LogP contribution in [0.3, 0.4) is 0 Å². The molecule has 7 nitrogen and oxygen atoms in total. The zero-order valence-corrected chi connectivity index (χ0v) is 19.0. The van der Waals surface area contributed by atoms with Gasteiger partial charge in [-0.1, -0.05) is 37.9 Å². The number of nitrogens with zero attached hydrogens (tertiary/aromatic N) is 1. The summed E-state index contributed by atoms with van der Waals surface area (Å²) >= 11 is 6.93. The Kier molecular flexibility index (Phi) is 7.09. The van der Waals surface area contributed by atoms with E-state index in [0.717, 1.165) is 23.1 Å². The van der Waals surface area contributed by atoms with Gasteiger partial charge in [-0.3, -0.25) is 24.1 Å². The number of hydrogen-bond donors (Lipinski definition) is 1. The number of benzene rings is 1. The van der Waals surface area contributed by atoms with Gasteiger partial charge in [0.1, 0.15) is 6.54 Å². The Bertz CT molecular complexity index is 883. The van der Waals surface area contributed by atoms with Crippen LogP contribution in [0.25, 0.3) is 0 Å². The summed E-state index contributed by atoms with van der Waals surface area (Å²) in [6.45, 7) is -1.40. The summed E-state index contributed by atoms with van der Waals surface area (Å²) in [6.07, 6.45) is -3.66. The normalized spacial score (nSPS) is 25.9. The molecule has 1 aromatic carbocycles. The van der Waals surface area contributed by atoms with Crippen molar-refractivity contribution >= 4 is 61.2 Å². The van der Waals surface area contributed by atoms with Crippen LogP contribution >= 0.6 is 31.9 Å². The van der Waals surface area contributed by atoms with Crippen LogP contribution in [0.1, 0.15) is 18.4 Å². The van der Waals surface area contributed by atoms with E-state index in [4.69, 9.17) is 4.74 Å². The maximum atomic E-state index is 12.7. The van der Waals surface area contributed by atoms with Gasteiger partial charge >= 0.3 is 12.1 Å². The fourth-order valence-corrected chi connectivity index (χ4v) is 4.85. The third-order valence-corrected chi connectivity index (χ3v) is 7.86. The number of ether oxygens (including phenoxy) is 1. The first kappa shape index (κ1) is 23.7. The number of rotatable bonds is 5. The molecule has 1 heterocycles. The summed E-state index contributed by atoms with van der Waals surface area (Å²) in [5, 5.41) is 2.20. The smallest absolute Gasteiger partial charge is 0.416 e. The average Bonchev–Trinajstić information content (AvgIpc) is 2.91. The molecule has 3 rings (SSSR count). The third kappa shape index (κ3) is 5.46. The van der Waals surface area contributed by atoms with E-state index in [1.807, 2.05) is 0 Å². The van der Waals surface area contributed by atoms with Crippen molar-refractivity contribution in [3.8, 4) is 0 Å². The molecule has 0 bridgehead atoms. The van der Waals surface area contributed by atoms with E-state index in [9.17, 15) is 32.3 Å². The number of anilines is 1. The molecule has 4 atom stereocenters. The van der Waals surface area contributed by atoms with Gasteiger partial charge in [0, 0.05) is 15.3 Å². The average molecular weight is 570 g/mol. The lowest BCUT2D eigenvalue weighted by Gasteiger charge is -2.29. The molecule has 1 aliphatic carbocycles. The maximum absolute atomic E-state index is 12.7. The molecular weight excluding hydrogens is 553 g/mol. The molecule has 0 radical (unpaired) electrons. The highest BCUT2D eigenvalue weighted by atomic mass is 79.9. The molecule has 1 saturated carbocycles. The zero-order chi connectivity index (χ0) is 22.9. The summed E-state index contributed by atoms with van der Waals surface area (Å²) < 4.78 is 43.0. The van der Waals surface area contributed by atoms with E-state index in [-0.39, 0.29) is 15.3 Å². The van der Waals surface area contributed by atoms with Crippen molar-refractivity contribution in [2.45, 2.75) is 28.7 Å². The van der Waals surface area contributed by atoms with Crippen LogP contribution in [0.2, 0.25) is 0 Å². The number of alkyl halides is 5. The molecule has 1 aliphatic heterocycles. The Labute approximate surface area is 191 Å². The lowest BCUT2D eigenvalue weighted by atomic mass is 9.81. The van der Waals surface area contributed by atoms with E-state index in [1.165, 1.54) is 6.07 Å². The predicted octanol–water partition coefficient (Wildman–Crippen LogP) is 3.11. The first-order chi connectivity index (χ1) is 14.5. The number of amides is 3. The second-order valence-corrected chi connectivity index (χ2v) is 9.62. The fourth-order valence-electron chi connectivity index (χ4n) is 3.61. The first-order valence-electron chi connectivity index (χ1n) is 9.23. The number of nitrogens with one attached hydrogen (secondary N) is 1. The topological polar surface area (TPSA) is 92.8 Å². The minimum atomic E-state index is -4.57. The van der Waals surface area contributed by atoms with Gasteiger partial charge in [0.05, 0.1) is 17.4 Å².